The fraction of sp³-hybridized carbons (Fsp3) is 0.368. The summed E-state index contributed by atoms with van der Waals surface area (Å²) in [7, 11) is 0. The van der Waals surface area contributed by atoms with Gasteiger partial charge < -0.3 is 9.47 Å². The minimum Gasteiger partial charge on any atom is -0.351 e. The lowest BCUT2D eigenvalue weighted by molar-refractivity contribution is 0.508. The van der Waals surface area contributed by atoms with Crippen LogP contribution < -0.4 is 10.5 Å². The minimum atomic E-state index is -0.834. The Morgan fingerprint density at radius 1 is 1.12 bits per heavy atom. The topological polar surface area (TPSA) is 38.1 Å². The molecule has 0 bridgehead atoms. The van der Waals surface area contributed by atoms with E-state index in [4.69, 9.17) is 0 Å². The number of hydrogen-bond donors (Lipinski definition) is 0. The van der Waals surface area contributed by atoms with Crippen LogP contribution in [0.1, 0.15) is 37.3 Å². The molecule has 1 aromatic carbocycles. The zero-order valence-corrected chi connectivity index (χ0v) is 13.8. The Morgan fingerprint density at radius 3 is 2.56 bits per heavy atom. The van der Waals surface area contributed by atoms with Crippen LogP contribution in [0.4, 0.5) is 14.6 Å². The van der Waals surface area contributed by atoms with Crippen molar-refractivity contribution >= 4 is 11.9 Å². The number of hydrogen-bond acceptors (Lipinski definition) is 3. The van der Waals surface area contributed by atoms with Crippen LogP contribution in [-0.2, 0) is 0 Å². The molecular weight excluding hydrogens is 324 g/mol. The van der Waals surface area contributed by atoms with Crippen LogP contribution in [0, 0.1) is 11.6 Å². The lowest BCUT2D eigenvalue weighted by atomic mass is 10.0. The summed E-state index contributed by atoms with van der Waals surface area (Å²) in [4.78, 5) is 18.9. The van der Waals surface area contributed by atoms with E-state index in [1.165, 1.54) is 11.6 Å². The van der Waals surface area contributed by atoms with E-state index in [1.807, 2.05) is 11.0 Å². The van der Waals surface area contributed by atoms with E-state index in [0.717, 1.165) is 31.7 Å². The highest BCUT2D eigenvalue weighted by Crippen LogP contribution is 2.33. The molecule has 1 saturated carbocycles. The van der Waals surface area contributed by atoms with Gasteiger partial charge >= 0.3 is 0 Å². The predicted octanol–water partition coefficient (Wildman–Crippen LogP) is 3.54. The summed E-state index contributed by atoms with van der Waals surface area (Å²) in [6.07, 6.45) is 9.04. The lowest BCUT2D eigenvalue weighted by Gasteiger charge is -2.29. The van der Waals surface area contributed by atoms with Gasteiger partial charge in [0.2, 0.25) is 0 Å². The summed E-state index contributed by atoms with van der Waals surface area (Å²) < 4.78 is 28.1. The van der Waals surface area contributed by atoms with E-state index in [-0.39, 0.29) is 5.56 Å². The molecule has 2 fully saturated rings. The summed E-state index contributed by atoms with van der Waals surface area (Å²) in [6.45, 7) is 1.40. The van der Waals surface area contributed by atoms with Crippen molar-refractivity contribution in [2.45, 2.75) is 31.7 Å². The Bertz CT molecular complexity index is 876. The van der Waals surface area contributed by atoms with Crippen molar-refractivity contribution in [2.75, 3.05) is 18.0 Å². The van der Waals surface area contributed by atoms with Gasteiger partial charge in [-0.05, 0) is 43.4 Å². The normalized spacial score (nSPS) is 17.7. The number of nitrogens with zero attached hydrogens (tertiary/aromatic N) is 3. The number of halogens is 2. The van der Waals surface area contributed by atoms with Gasteiger partial charge in [-0.3, -0.25) is 4.79 Å². The number of aromatic nitrogens is 2. The van der Waals surface area contributed by atoms with E-state index in [9.17, 15) is 13.6 Å². The number of piperidine rings is 1. The zero-order chi connectivity index (χ0) is 17.4. The maximum absolute atomic E-state index is 13.3. The predicted molar refractivity (Wildman–Crippen MR) is 92.6 cm³/mol. The molecule has 130 valence electrons. The summed E-state index contributed by atoms with van der Waals surface area (Å²) in [6, 6.07) is 4.26. The second-order valence-electron chi connectivity index (χ2n) is 6.66. The van der Waals surface area contributed by atoms with Crippen LogP contribution in [0.5, 0.6) is 0 Å². The Morgan fingerprint density at radius 2 is 1.88 bits per heavy atom. The Hall–Kier alpha value is -2.50. The zero-order valence-electron chi connectivity index (χ0n) is 13.8. The molecule has 1 aliphatic heterocycles. The van der Waals surface area contributed by atoms with E-state index in [0.29, 0.717) is 30.5 Å². The molecular formula is C19H19F2N3O. The highest BCUT2D eigenvalue weighted by Gasteiger charge is 2.27. The van der Waals surface area contributed by atoms with Crippen molar-refractivity contribution in [3.63, 3.8) is 0 Å². The fourth-order valence-corrected chi connectivity index (χ4v) is 3.26. The summed E-state index contributed by atoms with van der Waals surface area (Å²) in [5.74, 6) is -1.15. The van der Waals surface area contributed by atoms with Gasteiger partial charge in [0, 0.05) is 31.5 Å². The van der Waals surface area contributed by atoms with E-state index >= 15 is 0 Å². The first-order valence-corrected chi connectivity index (χ1v) is 8.58. The number of anilines is 1. The van der Waals surface area contributed by atoms with E-state index in [1.54, 1.807) is 23.0 Å². The Balaban J connectivity index is 1.48. The number of benzene rings is 1. The van der Waals surface area contributed by atoms with Gasteiger partial charge in [-0.1, -0.05) is 17.7 Å². The molecule has 4 rings (SSSR count). The third-order valence-corrected chi connectivity index (χ3v) is 4.81. The highest BCUT2D eigenvalue weighted by atomic mass is 19.2. The average Bonchev–Trinajstić information content (AvgIpc) is 3.44. The maximum Gasteiger partial charge on any atom is 0.293 e. The molecule has 2 aliphatic rings. The van der Waals surface area contributed by atoms with Crippen LogP contribution in [-0.4, -0.2) is 22.6 Å². The molecule has 25 heavy (non-hydrogen) atoms. The van der Waals surface area contributed by atoms with Crippen molar-refractivity contribution in [1.29, 1.82) is 0 Å². The smallest absolute Gasteiger partial charge is 0.293 e. The lowest BCUT2D eigenvalue weighted by Crippen LogP contribution is -2.37. The summed E-state index contributed by atoms with van der Waals surface area (Å²) in [5, 5.41) is 0. The fourth-order valence-electron chi connectivity index (χ4n) is 3.26. The van der Waals surface area contributed by atoms with E-state index in [2.05, 4.69) is 4.98 Å². The first-order valence-electron chi connectivity index (χ1n) is 8.58. The third-order valence-electron chi connectivity index (χ3n) is 4.81. The van der Waals surface area contributed by atoms with Crippen molar-refractivity contribution in [2.24, 2.45) is 0 Å². The second kappa shape index (κ2) is 6.43. The quantitative estimate of drug-likeness (QED) is 0.856. The average molecular weight is 343 g/mol. The monoisotopic (exact) mass is 343 g/mol. The molecule has 0 amide bonds. The largest absolute Gasteiger partial charge is 0.351 e. The van der Waals surface area contributed by atoms with Gasteiger partial charge in [0.05, 0.1) is 0 Å². The molecule has 1 saturated heterocycles. The molecule has 0 radical (unpaired) electrons. The molecule has 0 unspecified atom stereocenters. The third kappa shape index (κ3) is 3.34. The summed E-state index contributed by atoms with van der Waals surface area (Å²) >= 11 is 0. The van der Waals surface area contributed by atoms with Crippen molar-refractivity contribution in [1.82, 2.24) is 9.55 Å². The highest BCUT2D eigenvalue weighted by molar-refractivity contribution is 5.54. The Kier molecular flexibility index (Phi) is 4.11. The van der Waals surface area contributed by atoms with Crippen LogP contribution >= 0.6 is 0 Å². The first-order chi connectivity index (χ1) is 12.1. The molecule has 0 spiro atoms. The van der Waals surface area contributed by atoms with E-state index < -0.39 is 11.6 Å². The van der Waals surface area contributed by atoms with Crippen molar-refractivity contribution in [3.05, 3.63) is 63.7 Å². The van der Waals surface area contributed by atoms with Crippen LogP contribution in [0.25, 0.3) is 6.08 Å². The SMILES string of the molecule is O=c1c(N2CCC(=Cc3ccc(F)c(F)c3)CC2)nccn1C1CC1. The van der Waals surface area contributed by atoms with Crippen LogP contribution in [0.3, 0.4) is 0 Å². The second-order valence-corrected chi connectivity index (χ2v) is 6.66. The maximum atomic E-state index is 13.3. The van der Waals surface area contributed by atoms with Gasteiger partial charge in [0.15, 0.2) is 17.5 Å². The Labute approximate surface area is 144 Å². The van der Waals surface area contributed by atoms with Gasteiger partial charge in [0.1, 0.15) is 0 Å². The number of rotatable bonds is 3. The molecule has 4 nitrogen and oxygen atoms in total. The first kappa shape index (κ1) is 16.0. The molecule has 0 N–H and O–H groups in total. The summed E-state index contributed by atoms with van der Waals surface area (Å²) in [5.41, 5.74) is 1.81. The van der Waals surface area contributed by atoms with Gasteiger partial charge in [0.25, 0.3) is 5.56 Å². The van der Waals surface area contributed by atoms with Crippen molar-refractivity contribution in [3.8, 4) is 0 Å². The standard InChI is InChI=1S/C19H19F2N3O/c20-16-4-1-14(12-17(16)21)11-13-5-8-23(9-6-13)18-19(25)24(10-7-22-18)15-2-3-15/h1,4,7,10-12,15H,2-3,5-6,8-9H2. The molecule has 2 aromatic rings. The van der Waals surface area contributed by atoms with Crippen LogP contribution in [0.15, 0.2) is 41.0 Å². The van der Waals surface area contributed by atoms with Gasteiger partial charge in [-0.15, -0.1) is 0 Å². The van der Waals surface area contributed by atoms with Crippen LogP contribution in [0.2, 0.25) is 0 Å². The van der Waals surface area contributed by atoms with Gasteiger partial charge in [-0.2, -0.15) is 0 Å². The molecule has 0 atom stereocenters. The molecule has 6 heteroatoms. The molecule has 1 aromatic heterocycles. The molecule has 2 heterocycles. The minimum absolute atomic E-state index is 0.0157. The molecule has 1 aliphatic carbocycles. The van der Waals surface area contributed by atoms with Gasteiger partial charge in [-0.25, -0.2) is 13.8 Å². The van der Waals surface area contributed by atoms with Crippen molar-refractivity contribution < 1.29 is 8.78 Å².